The number of carbonyl (C=O) groups excluding carboxylic acids is 1. The fraction of sp³-hybridized carbons (Fsp3) is 0.259. The normalized spacial score (nSPS) is 18.0. The van der Waals surface area contributed by atoms with Crippen LogP contribution in [0.2, 0.25) is 0 Å². The molecule has 1 N–H and O–H groups in total. The average Bonchev–Trinajstić information content (AvgIpc) is 3.16. The molecule has 36 heavy (non-hydrogen) atoms. The molecule has 184 valence electrons. The Hall–Kier alpha value is -3.62. The van der Waals surface area contributed by atoms with Crippen molar-refractivity contribution in [2.45, 2.75) is 45.1 Å². The minimum Gasteiger partial charge on any atom is -1.00 e. The largest absolute Gasteiger partial charge is 1.00 e. The van der Waals surface area contributed by atoms with Crippen LogP contribution in [0.5, 0.6) is 0 Å². The van der Waals surface area contributed by atoms with Gasteiger partial charge in [0.2, 0.25) is 0 Å². The molecule has 5 heterocycles. The molecule has 1 atom stereocenters. The summed E-state index contributed by atoms with van der Waals surface area (Å²) < 4.78 is 23.1. The molecule has 6 rings (SSSR count). The number of hydrogen-bond donors (Lipinski definition) is 1. The van der Waals surface area contributed by atoms with Crippen LogP contribution in [-0.4, -0.2) is 20.6 Å². The van der Waals surface area contributed by atoms with Gasteiger partial charge in [-0.25, -0.2) is 13.9 Å². The van der Waals surface area contributed by atoms with Crippen molar-refractivity contribution in [1.29, 1.82) is 0 Å². The third-order valence-corrected chi connectivity index (χ3v) is 7.14. The van der Waals surface area contributed by atoms with Crippen molar-refractivity contribution >= 4 is 16.9 Å². The van der Waals surface area contributed by atoms with Gasteiger partial charge in [-0.2, -0.15) is 0 Å². The summed E-state index contributed by atoms with van der Waals surface area (Å²) in [4.78, 5) is 30.6. The Morgan fingerprint density at radius 1 is 1.17 bits per heavy atom. The number of benzene rings is 1. The minimum atomic E-state index is -1.50. The zero-order valence-corrected chi connectivity index (χ0v) is 20.3. The molecule has 0 saturated heterocycles. The van der Waals surface area contributed by atoms with E-state index in [1.54, 1.807) is 23.6 Å². The maximum absolute atomic E-state index is 14.3. The number of ether oxygens (including phenoxy) is 1. The van der Waals surface area contributed by atoms with Gasteiger partial charge in [0.1, 0.15) is 18.0 Å². The van der Waals surface area contributed by atoms with Gasteiger partial charge < -0.3 is 26.8 Å². The second-order valence-corrected chi connectivity index (χ2v) is 9.16. The second-order valence-electron chi connectivity index (χ2n) is 9.16. The van der Waals surface area contributed by atoms with Crippen LogP contribution < -0.4 is 22.5 Å². The first-order chi connectivity index (χ1) is 16.9. The fourth-order valence-electron chi connectivity index (χ4n) is 5.23. The topological polar surface area (TPSA) is 85.3 Å². The molecule has 4 aromatic rings. The Morgan fingerprint density at radius 3 is 2.69 bits per heavy atom. The number of hydrogen-bond acceptors (Lipinski definition) is 5. The van der Waals surface area contributed by atoms with Crippen molar-refractivity contribution in [1.82, 2.24) is 9.55 Å². The SMILES string of the molecule is CCC1(O)CC(=O)OCc2c1cc1n(c2=O)Cc2c-1nc1ccc(F)cc1c2C[n+]1ccccc1.[Cl-]. The van der Waals surface area contributed by atoms with Crippen molar-refractivity contribution in [3.63, 3.8) is 0 Å². The van der Waals surface area contributed by atoms with Gasteiger partial charge >= 0.3 is 5.97 Å². The molecule has 2 aliphatic rings. The van der Waals surface area contributed by atoms with Crippen LogP contribution in [0.1, 0.15) is 42.0 Å². The quantitative estimate of drug-likeness (QED) is 0.273. The van der Waals surface area contributed by atoms with E-state index in [4.69, 9.17) is 9.72 Å². The Bertz CT molecular complexity index is 1590. The maximum Gasteiger partial charge on any atom is 0.309 e. The van der Waals surface area contributed by atoms with Crippen molar-refractivity contribution in [2.75, 3.05) is 0 Å². The summed E-state index contributed by atoms with van der Waals surface area (Å²) in [6, 6.07) is 12.0. The summed E-state index contributed by atoms with van der Waals surface area (Å²) in [5, 5.41) is 12.0. The number of nitrogens with zero attached hydrogens (tertiary/aromatic N) is 3. The highest BCUT2D eigenvalue weighted by Crippen LogP contribution is 2.40. The molecule has 1 unspecified atom stereocenters. The predicted molar refractivity (Wildman–Crippen MR) is 125 cm³/mol. The lowest BCUT2D eigenvalue weighted by Gasteiger charge is -2.26. The highest BCUT2D eigenvalue weighted by Gasteiger charge is 2.40. The molecule has 0 amide bonds. The minimum absolute atomic E-state index is 0. The van der Waals surface area contributed by atoms with E-state index in [0.717, 1.165) is 11.1 Å². The lowest BCUT2D eigenvalue weighted by molar-refractivity contribution is -0.688. The molecule has 1 aromatic carbocycles. The van der Waals surface area contributed by atoms with Gasteiger partial charge in [-0.05, 0) is 36.2 Å². The number of pyridine rings is 3. The van der Waals surface area contributed by atoms with Crippen molar-refractivity contribution in [3.05, 3.63) is 93.3 Å². The lowest BCUT2D eigenvalue weighted by Crippen LogP contribution is -3.00. The van der Waals surface area contributed by atoms with Crippen LogP contribution in [0.4, 0.5) is 4.39 Å². The lowest BCUT2D eigenvalue weighted by atomic mass is 9.85. The Morgan fingerprint density at radius 2 is 1.94 bits per heavy atom. The third kappa shape index (κ3) is 3.68. The van der Waals surface area contributed by atoms with Crippen molar-refractivity contribution < 1.29 is 36.0 Å². The van der Waals surface area contributed by atoms with E-state index >= 15 is 0 Å². The fourth-order valence-corrected chi connectivity index (χ4v) is 5.23. The smallest absolute Gasteiger partial charge is 0.309 e. The van der Waals surface area contributed by atoms with E-state index in [9.17, 15) is 19.1 Å². The molecule has 7 nitrogen and oxygen atoms in total. The van der Waals surface area contributed by atoms with E-state index < -0.39 is 11.6 Å². The van der Waals surface area contributed by atoms with E-state index in [1.807, 2.05) is 35.2 Å². The number of cyclic esters (lactones) is 1. The molecule has 0 radical (unpaired) electrons. The third-order valence-electron chi connectivity index (χ3n) is 7.14. The molecular weight excluding hydrogens is 485 g/mol. The molecule has 3 aromatic heterocycles. The van der Waals surface area contributed by atoms with Crippen LogP contribution in [0.25, 0.3) is 22.3 Å². The summed E-state index contributed by atoms with van der Waals surface area (Å²) in [5.41, 5.74) is 2.44. The number of aromatic nitrogens is 3. The number of halogens is 2. The highest BCUT2D eigenvalue weighted by molar-refractivity contribution is 5.88. The van der Waals surface area contributed by atoms with Crippen molar-refractivity contribution in [3.8, 4) is 11.4 Å². The van der Waals surface area contributed by atoms with Crippen LogP contribution >= 0.6 is 0 Å². The second kappa shape index (κ2) is 8.80. The van der Waals surface area contributed by atoms with Crippen LogP contribution in [0.3, 0.4) is 0 Å². The molecule has 2 aliphatic heterocycles. The molecular formula is C27H23ClFN3O4. The van der Waals surface area contributed by atoms with Gasteiger partial charge in [-0.3, -0.25) is 9.59 Å². The molecule has 0 spiro atoms. The highest BCUT2D eigenvalue weighted by atomic mass is 35.5. The summed E-state index contributed by atoms with van der Waals surface area (Å²) in [7, 11) is 0. The Labute approximate surface area is 212 Å². The summed E-state index contributed by atoms with van der Waals surface area (Å²) in [5.74, 6) is -0.892. The summed E-state index contributed by atoms with van der Waals surface area (Å²) in [6.45, 7) is 2.33. The van der Waals surface area contributed by atoms with Crippen LogP contribution in [0, 0.1) is 5.82 Å². The monoisotopic (exact) mass is 507 g/mol. The van der Waals surface area contributed by atoms with E-state index in [2.05, 4.69) is 0 Å². The summed E-state index contributed by atoms with van der Waals surface area (Å²) in [6.07, 6.45) is 3.91. The molecule has 0 saturated carbocycles. The predicted octanol–water partition coefficient (Wildman–Crippen LogP) is -0.0514. The Balaban J connectivity index is 0.00000267. The number of carbonyl (C=O) groups is 1. The van der Waals surface area contributed by atoms with Crippen molar-refractivity contribution in [2.24, 2.45) is 0 Å². The van der Waals surface area contributed by atoms with Gasteiger partial charge in [0.15, 0.2) is 18.9 Å². The first-order valence-corrected chi connectivity index (χ1v) is 11.6. The first kappa shape index (κ1) is 24.1. The number of aliphatic hydroxyl groups is 1. The van der Waals surface area contributed by atoms with Crippen LogP contribution in [0.15, 0.2) is 59.7 Å². The van der Waals surface area contributed by atoms with Gasteiger partial charge in [0, 0.05) is 28.6 Å². The van der Waals surface area contributed by atoms with Gasteiger partial charge in [0.25, 0.3) is 5.56 Å². The summed E-state index contributed by atoms with van der Waals surface area (Å²) >= 11 is 0. The van der Waals surface area contributed by atoms with E-state index in [0.29, 0.717) is 34.4 Å². The van der Waals surface area contributed by atoms with Gasteiger partial charge in [-0.15, -0.1) is 0 Å². The molecule has 0 bridgehead atoms. The van der Waals surface area contributed by atoms with E-state index in [-0.39, 0.29) is 55.3 Å². The van der Waals surface area contributed by atoms with Gasteiger partial charge in [0.05, 0.1) is 35.4 Å². The van der Waals surface area contributed by atoms with Crippen LogP contribution in [-0.2, 0) is 34.8 Å². The molecule has 9 heteroatoms. The standard InChI is InChI=1S/C27H23FN3O4.ClH/c1-2-27(34)12-24(32)35-15-20-21(27)11-23-25-19(14-31(23)26(20)33)18(13-30-8-4-3-5-9-30)17-10-16(28)6-7-22(17)29-25;/h3-11,34H,2,12-15H2,1H3;1H/q+1;/p-1. The maximum atomic E-state index is 14.3. The van der Waals surface area contributed by atoms with Gasteiger partial charge in [-0.1, -0.05) is 13.0 Å². The average molecular weight is 508 g/mol. The first-order valence-electron chi connectivity index (χ1n) is 11.6. The van der Waals surface area contributed by atoms with E-state index in [1.165, 1.54) is 12.1 Å². The zero-order valence-electron chi connectivity index (χ0n) is 19.5. The number of rotatable bonds is 3. The number of esters is 1. The zero-order chi connectivity index (χ0) is 24.3. The number of fused-ring (bicyclic) bond motifs is 5. The Kier molecular flexibility index (Phi) is 5.89. The molecule has 0 aliphatic carbocycles. The molecule has 0 fully saturated rings.